The van der Waals surface area contributed by atoms with Crippen LogP contribution in [-0.4, -0.2) is 6.26 Å². The van der Waals surface area contributed by atoms with Crippen molar-refractivity contribution in [3.05, 3.63) is 29.8 Å². The molecule has 1 rings (SSSR count). The second-order valence-electron chi connectivity index (χ2n) is 1.90. The van der Waals surface area contributed by atoms with Crippen LogP contribution in [0.25, 0.3) is 0 Å². The Morgan fingerprint density at radius 2 is 2.33 bits per heavy atom. The molecular weight excluding hydrogens is 128 g/mol. The van der Waals surface area contributed by atoms with Crippen molar-refractivity contribution in [1.82, 2.24) is 0 Å². The summed E-state index contributed by atoms with van der Waals surface area (Å²) in [4.78, 5) is 1.34. The molecule has 0 N–H and O–H groups in total. The van der Waals surface area contributed by atoms with E-state index in [-0.39, 0.29) is 0 Å². The quantitative estimate of drug-likeness (QED) is 0.536. The summed E-state index contributed by atoms with van der Waals surface area (Å²) in [5.74, 6) is 0. The van der Waals surface area contributed by atoms with Crippen LogP contribution in [-0.2, 0) is 0 Å². The van der Waals surface area contributed by atoms with Crippen molar-refractivity contribution in [3.63, 3.8) is 0 Å². The van der Waals surface area contributed by atoms with Crippen LogP contribution < -0.4 is 0 Å². The molecule has 0 atom stereocenters. The van der Waals surface area contributed by atoms with E-state index in [0.29, 0.717) is 0 Å². The number of rotatable bonds is 1. The average molecular weight is 137 g/mol. The molecule has 0 fully saturated rings. The fourth-order valence-corrected chi connectivity index (χ4v) is 1.31. The lowest BCUT2D eigenvalue weighted by atomic mass is 10.2. The van der Waals surface area contributed by atoms with Gasteiger partial charge < -0.3 is 0 Å². The van der Waals surface area contributed by atoms with Crippen LogP contribution in [0.1, 0.15) is 5.56 Å². The highest BCUT2D eigenvalue weighted by Crippen LogP contribution is 2.17. The number of benzene rings is 1. The topological polar surface area (TPSA) is 0 Å². The summed E-state index contributed by atoms with van der Waals surface area (Å²) >= 11 is 1.78. The Labute approximate surface area is 60.3 Å². The first-order valence-corrected chi connectivity index (χ1v) is 4.08. The number of thioether (sulfide) groups is 1. The van der Waals surface area contributed by atoms with E-state index in [1.807, 2.05) is 12.1 Å². The molecule has 0 nitrogen and oxygen atoms in total. The van der Waals surface area contributed by atoms with Crippen LogP contribution in [0.2, 0.25) is 0 Å². The summed E-state index contributed by atoms with van der Waals surface area (Å²) in [6, 6.07) is 9.05. The SMILES string of the molecule is CSc1cc[c]cc1C. The van der Waals surface area contributed by atoms with E-state index in [1.165, 1.54) is 10.5 Å². The fourth-order valence-electron chi connectivity index (χ4n) is 0.729. The molecule has 0 aliphatic carbocycles. The molecule has 0 heterocycles. The zero-order chi connectivity index (χ0) is 6.69. The van der Waals surface area contributed by atoms with Crippen molar-refractivity contribution in [1.29, 1.82) is 0 Å². The second kappa shape index (κ2) is 2.92. The van der Waals surface area contributed by atoms with E-state index < -0.39 is 0 Å². The monoisotopic (exact) mass is 137 g/mol. The third-order valence-corrected chi connectivity index (χ3v) is 2.14. The van der Waals surface area contributed by atoms with E-state index in [4.69, 9.17) is 0 Å². The molecule has 0 aliphatic rings. The van der Waals surface area contributed by atoms with Crippen LogP contribution in [0.5, 0.6) is 0 Å². The average Bonchev–Trinajstić information content (AvgIpc) is 1.89. The van der Waals surface area contributed by atoms with Gasteiger partial charge in [-0.1, -0.05) is 12.1 Å². The largest absolute Gasteiger partial charge is 0.129 e. The van der Waals surface area contributed by atoms with Crippen molar-refractivity contribution < 1.29 is 0 Å². The van der Waals surface area contributed by atoms with E-state index >= 15 is 0 Å². The maximum Gasteiger partial charge on any atom is 0.00987 e. The molecule has 0 spiro atoms. The van der Waals surface area contributed by atoms with Crippen molar-refractivity contribution in [2.45, 2.75) is 11.8 Å². The molecular formula is C8H9S. The van der Waals surface area contributed by atoms with Crippen molar-refractivity contribution >= 4 is 11.8 Å². The summed E-state index contributed by atoms with van der Waals surface area (Å²) in [5, 5.41) is 0. The Bertz CT molecular complexity index is 194. The number of aryl methyl sites for hydroxylation is 1. The summed E-state index contributed by atoms with van der Waals surface area (Å²) in [6.07, 6.45) is 2.09. The Kier molecular flexibility index (Phi) is 2.17. The third kappa shape index (κ3) is 1.49. The smallest absolute Gasteiger partial charge is 0.00987 e. The first-order valence-electron chi connectivity index (χ1n) is 2.85. The summed E-state index contributed by atoms with van der Waals surface area (Å²) in [7, 11) is 0. The highest BCUT2D eigenvalue weighted by atomic mass is 32.2. The maximum atomic E-state index is 3.02. The van der Waals surface area contributed by atoms with Crippen LogP contribution >= 0.6 is 11.8 Å². The molecule has 0 saturated heterocycles. The van der Waals surface area contributed by atoms with E-state index in [1.54, 1.807) is 11.8 Å². The van der Waals surface area contributed by atoms with E-state index in [0.717, 1.165) is 0 Å². The fraction of sp³-hybridized carbons (Fsp3) is 0.250. The molecule has 1 heteroatoms. The molecule has 1 aromatic carbocycles. The van der Waals surface area contributed by atoms with Gasteiger partial charge in [0.05, 0.1) is 0 Å². The van der Waals surface area contributed by atoms with Crippen LogP contribution in [0.15, 0.2) is 23.1 Å². The summed E-state index contributed by atoms with van der Waals surface area (Å²) < 4.78 is 0. The molecule has 47 valence electrons. The van der Waals surface area contributed by atoms with Gasteiger partial charge >= 0.3 is 0 Å². The van der Waals surface area contributed by atoms with Crippen molar-refractivity contribution in [2.24, 2.45) is 0 Å². The number of hydrogen-bond acceptors (Lipinski definition) is 1. The van der Waals surface area contributed by atoms with Gasteiger partial charge in [-0.25, -0.2) is 0 Å². The molecule has 0 unspecified atom stereocenters. The number of hydrogen-bond donors (Lipinski definition) is 0. The van der Waals surface area contributed by atoms with Crippen LogP contribution in [0.4, 0.5) is 0 Å². The molecule has 0 saturated carbocycles. The third-order valence-electron chi connectivity index (χ3n) is 1.24. The molecule has 9 heavy (non-hydrogen) atoms. The van der Waals surface area contributed by atoms with Gasteiger partial charge in [-0.05, 0) is 30.9 Å². The van der Waals surface area contributed by atoms with Gasteiger partial charge in [-0.3, -0.25) is 0 Å². The van der Waals surface area contributed by atoms with Crippen molar-refractivity contribution in [3.8, 4) is 0 Å². The van der Waals surface area contributed by atoms with Gasteiger partial charge in [0.1, 0.15) is 0 Å². The summed E-state index contributed by atoms with van der Waals surface area (Å²) in [6.45, 7) is 2.10. The zero-order valence-electron chi connectivity index (χ0n) is 5.64. The summed E-state index contributed by atoms with van der Waals surface area (Å²) in [5.41, 5.74) is 1.31. The predicted molar refractivity (Wildman–Crippen MR) is 41.8 cm³/mol. The second-order valence-corrected chi connectivity index (χ2v) is 2.74. The molecule has 0 bridgehead atoms. The van der Waals surface area contributed by atoms with Gasteiger partial charge in [-0.15, -0.1) is 11.8 Å². The molecule has 0 aromatic heterocycles. The van der Waals surface area contributed by atoms with Crippen molar-refractivity contribution in [2.75, 3.05) is 6.26 Å². The lowest BCUT2D eigenvalue weighted by Crippen LogP contribution is -1.74. The highest BCUT2D eigenvalue weighted by Gasteiger charge is 1.90. The minimum Gasteiger partial charge on any atom is -0.129 e. The zero-order valence-corrected chi connectivity index (χ0v) is 6.46. The van der Waals surface area contributed by atoms with Gasteiger partial charge in [0.15, 0.2) is 0 Å². The first kappa shape index (κ1) is 6.69. The van der Waals surface area contributed by atoms with Gasteiger partial charge in [0, 0.05) is 4.90 Å². The molecule has 0 amide bonds. The van der Waals surface area contributed by atoms with E-state index in [9.17, 15) is 0 Å². The van der Waals surface area contributed by atoms with Gasteiger partial charge in [0.25, 0.3) is 0 Å². The first-order chi connectivity index (χ1) is 4.34. The molecule has 0 aliphatic heterocycles. The Morgan fingerprint density at radius 3 is 2.78 bits per heavy atom. The maximum absolute atomic E-state index is 3.02. The van der Waals surface area contributed by atoms with Gasteiger partial charge in [0.2, 0.25) is 0 Å². The minimum absolute atomic E-state index is 1.31. The van der Waals surface area contributed by atoms with Crippen LogP contribution in [0.3, 0.4) is 0 Å². The Hall–Kier alpha value is -0.430. The minimum atomic E-state index is 1.31. The Balaban J connectivity index is 3.01. The standard InChI is InChI=1S/C8H9S/c1-7-5-3-4-6-8(7)9-2/h4-6H,1-2H3. The lowest BCUT2D eigenvalue weighted by molar-refractivity contribution is 1.30. The normalized spacial score (nSPS) is 9.56. The highest BCUT2D eigenvalue weighted by molar-refractivity contribution is 7.98. The van der Waals surface area contributed by atoms with Gasteiger partial charge in [-0.2, -0.15) is 0 Å². The lowest BCUT2D eigenvalue weighted by Gasteiger charge is -1.97. The van der Waals surface area contributed by atoms with E-state index in [2.05, 4.69) is 25.3 Å². The molecule has 1 radical (unpaired) electrons. The predicted octanol–water partition coefficient (Wildman–Crippen LogP) is 2.52. The Morgan fingerprint density at radius 1 is 1.56 bits per heavy atom. The molecule has 1 aromatic rings. The van der Waals surface area contributed by atoms with Crippen LogP contribution in [0, 0.1) is 13.0 Å².